The summed E-state index contributed by atoms with van der Waals surface area (Å²) in [7, 11) is 0. The van der Waals surface area contributed by atoms with Gasteiger partial charge in [0.05, 0.1) is 18.0 Å². The van der Waals surface area contributed by atoms with Crippen LogP contribution in [0, 0.1) is 0 Å². The predicted octanol–water partition coefficient (Wildman–Crippen LogP) is 5.17. The molecule has 1 aliphatic rings. The van der Waals surface area contributed by atoms with Gasteiger partial charge in [-0.3, -0.25) is 4.90 Å². The Kier molecular flexibility index (Phi) is 6.05. The molecular weight excluding hydrogens is 396 g/mol. The van der Waals surface area contributed by atoms with E-state index in [0.29, 0.717) is 6.42 Å². The Balaban J connectivity index is 1.65. The van der Waals surface area contributed by atoms with Gasteiger partial charge in [0.25, 0.3) is 0 Å². The van der Waals surface area contributed by atoms with Crippen LogP contribution in [0.2, 0.25) is 0 Å². The summed E-state index contributed by atoms with van der Waals surface area (Å²) in [6.07, 6.45) is 0.358. The van der Waals surface area contributed by atoms with Crippen molar-refractivity contribution in [3.05, 3.63) is 84.4 Å². The van der Waals surface area contributed by atoms with Gasteiger partial charge >= 0.3 is 12.0 Å². The summed E-state index contributed by atoms with van der Waals surface area (Å²) in [6, 6.07) is 24.0. The number of hydrogen-bond donors (Lipinski definition) is 1. The van der Waals surface area contributed by atoms with Gasteiger partial charge in [0, 0.05) is 16.2 Å². The van der Waals surface area contributed by atoms with E-state index in [9.17, 15) is 9.59 Å². The van der Waals surface area contributed by atoms with Crippen LogP contribution in [0.5, 0.6) is 0 Å². The number of amides is 2. The second-order valence-electron chi connectivity index (χ2n) is 6.82. The van der Waals surface area contributed by atoms with Crippen LogP contribution < -0.4 is 10.2 Å². The largest absolute Gasteiger partial charge is 0.464 e. The van der Waals surface area contributed by atoms with Gasteiger partial charge in [-0.1, -0.05) is 66.4 Å². The first-order valence-corrected chi connectivity index (χ1v) is 10.7. The molecule has 6 heteroatoms. The second-order valence-corrected chi connectivity index (χ2v) is 7.90. The zero-order chi connectivity index (χ0) is 20.9. The van der Waals surface area contributed by atoms with Crippen LogP contribution in [0.15, 0.2) is 88.7 Å². The van der Waals surface area contributed by atoms with Crippen molar-refractivity contribution in [1.82, 2.24) is 5.32 Å². The smallest absolute Gasteiger partial charge is 0.329 e. The summed E-state index contributed by atoms with van der Waals surface area (Å²) >= 11 is 1.63. The minimum atomic E-state index is -0.784. The maximum absolute atomic E-state index is 13.4. The van der Waals surface area contributed by atoms with Gasteiger partial charge in [0.15, 0.2) is 0 Å². The van der Waals surface area contributed by atoms with Crippen molar-refractivity contribution < 1.29 is 14.3 Å². The number of hydrogen-bond acceptors (Lipinski definition) is 4. The summed E-state index contributed by atoms with van der Waals surface area (Å²) in [5.41, 5.74) is 2.54. The number of rotatable bonds is 5. The standard InChI is InChI=1S/C24H22N2O3S/c1-2-29-23(27)18(16-17-10-4-3-5-11-17)25-24(28)26-19-12-6-8-14-21(19)30-22-15-9-7-13-20(22)26/h3-15,18H,2,16H2,1H3,(H,25,28). The fraction of sp³-hybridized carbons (Fsp3) is 0.167. The highest BCUT2D eigenvalue weighted by atomic mass is 32.2. The van der Waals surface area contributed by atoms with Crippen LogP contribution in [-0.4, -0.2) is 24.6 Å². The highest BCUT2D eigenvalue weighted by Crippen LogP contribution is 2.47. The van der Waals surface area contributed by atoms with E-state index in [2.05, 4.69) is 5.32 Å². The fourth-order valence-corrected chi connectivity index (χ4v) is 4.48. The first-order valence-electron chi connectivity index (χ1n) is 9.84. The summed E-state index contributed by atoms with van der Waals surface area (Å²) in [5, 5.41) is 2.90. The van der Waals surface area contributed by atoms with Gasteiger partial charge in [0.2, 0.25) is 0 Å². The van der Waals surface area contributed by atoms with E-state index >= 15 is 0 Å². The van der Waals surface area contributed by atoms with E-state index in [0.717, 1.165) is 26.7 Å². The van der Waals surface area contributed by atoms with Crippen molar-refractivity contribution in [1.29, 1.82) is 0 Å². The van der Waals surface area contributed by atoms with Crippen LogP contribution in [0.3, 0.4) is 0 Å². The SMILES string of the molecule is CCOC(=O)C(Cc1ccccc1)NC(=O)N1c2ccccc2Sc2ccccc21. The van der Waals surface area contributed by atoms with Crippen LogP contribution in [0.4, 0.5) is 16.2 Å². The minimum Gasteiger partial charge on any atom is -0.464 e. The molecule has 5 nitrogen and oxygen atoms in total. The fourth-order valence-electron chi connectivity index (χ4n) is 3.42. The van der Waals surface area contributed by atoms with Gasteiger partial charge in [-0.2, -0.15) is 0 Å². The van der Waals surface area contributed by atoms with Crippen molar-refractivity contribution >= 4 is 35.1 Å². The number of para-hydroxylation sites is 2. The lowest BCUT2D eigenvalue weighted by Crippen LogP contribution is -2.48. The zero-order valence-corrected chi connectivity index (χ0v) is 17.4. The molecule has 4 rings (SSSR count). The number of nitrogens with zero attached hydrogens (tertiary/aromatic N) is 1. The Hall–Kier alpha value is -3.25. The van der Waals surface area contributed by atoms with Crippen molar-refractivity contribution in [3.8, 4) is 0 Å². The first kappa shape index (κ1) is 20.0. The van der Waals surface area contributed by atoms with Crippen molar-refractivity contribution in [3.63, 3.8) is 0 Å². The number of fused-ring (bicyclic) bond motifs is 2. The van der Waals surface area contributed by atoms with Crippen molar-refractivity contribution in [2.45, 2.75) is 29.2 Å². The number of ether oxygens (including phenoxy) is 1. The van der Waals surface area contributed by atoms with E-state index < -0.39 is 12.0 Å². The molecule has 0 bridgehead atoms. The number of nitrogens with one attached hydrogen (secondary N) is 1. The Morgan fingerprint density at radius 1 is 0.900 bits per heavy atom. The summed E-state index contributed by atoms with van der Waals surface area (Å²) in [4.78, 5) is 29.6. The maximum Gasteiger partial charge on any atom is 0.329 e. The monoisotopic (exact) mass is 418 g/mol. The summed E-state index contributed by atoms with van der Waals surface area (Å²) in [6.45, 7) is 2.01. The molecule has 3 aromatic rings. The van der Waals surface area contributed by atoms with E-state index in [1.165, 1.54) is 0 Å². The van der Waals surface area contributed by atoms with Crippen molar-refractivity contribution in [2.75, 3.05) is 11.5 Å². The molecule has 1 aliphatic heterocycles. The molecule has 0 saturated heterocycles. The average molecular weight is 419 g/mol. The quantitative estimate of drug-likeness (QED) is 0.581. The number of carbonyl (C=O) groups is 2. The molecule has 0 fully saturated rings. The van der Waals surface area contributed by atoms with Crippen LogP contribution >= 0.6 is 11.8 Å². The first-order chi connectivity index (χ1) is 14.7. The highest BCUT2D eigenvalue weighted by Gasteiger charge is 2.31. The predicted molar refractivity (Wildman–Crippen MR) is 118 cm³/mol. The maximum atomic E-state index is 13.4. The molecule has 2 amide bonds. The Morgan fingerprint density at radius 3 is 2.07 bits per heavy atom. The van der Waals surface area contributed by atoms with Crippen molar-refractivity contribution in [2.24, 2.45) is 0 Å². The molecule has 1 N–H and O–H groups in total. The van der Waals surface area contributed by atoms with Gasteiger partial charge in [-0.25, -0.2) is 9.59 Å². The third-order valence-electron chi connectivity index (χ3n) is 4.79. The van der Waals surface area contributed by atoms with Gasteiger partial charge in [0.1, 0.15) is 6.04 Å². The van der Waals surface area contributed by atoms with Crippen LogP contribution in [0.1, 0.15) is 12.5 Å². The highest BCUT2D eigenvalue weighted by molar-refractivity contribution is 7.99. The number of urea groups is 1. The third-order valence-corrected chi connectivity index (χ3v) is 5.92. The van der Waals surface area contributed by atoms with Crippen LogP contribution in [0.25, 0.3) is 0 Å². The zero-order valence-electron chi connectivity index (χ0n) is 16.6. The molecule has 0 radical (unpaired) electrons. The van der Waals surface area contributed by atoms with Gasteiger partial charge < -0.3 is 10.1 Å². The Labute approximate surface area is 180 Å². The number of benzene rings is 3. The molecular formula is C24H22N2O3S. The molecule has 1 atom stereocenters. The Bertz CT molecular complexity index is 1010. The van der Waals surface area contributed by atoms with E-state index in [1.807, 2.05) is 78.9 Å². The third kappa shape index (κ3) is 4.19. The van der Waals surface area contributed by atoms with Gasteiger partial charge in [-0.05, 0) is 36.8 Å². The molecule has 3 aromatic carbocycles. The molecule has 0 aromatic heterocycles. The summed E-state index contributed by atoms with van der Waals surface area (Å²) < 4.78 is 5.23. The summed E-state index contributed by atoms with van der Waals surface area (Å²) in [5.74, 6) is -0.442. The molecule has 152 valence electrons. The molecule has 0 spiro atoms. The normalized spacial score (nSPS) is 13.0. The topological polar surface area (TPSA) is 58.6 Å². The van der Waals surface area contributed by atoms with Crippen LogP contribution in [-0.2, 0) is 16.0 Å². The second kappa shape index (κ2) is 9.05. The van der Waals surface area contributed by atoms with E-state index in [1.54, 1.807) is 23.6 Å². The lowest BCUT2D eigenvalue weighted by Gasteiger charge is -2.32. The Morgan fingerprint density at radius 2 is 1.47 bits per heavy atom. The van der Waals surface area contributed by atoms with E-state index in [4.69, 9.17) is 4.74 Å². The van der Waals surface area contributed by atoms with Gasteiger partial charge in [-0.15, -0.1) is 0 Å². The molecule has 1 unspecified atom stereocenters. The minimum absolute atomic E-state index is 0.256. The molecule has 0 aliphatic carbocycles. The number of carbonyl (C=O) groups excluding carboxylic acids is 2. The average Bonchev–Trinajstić information content (AvgIpc) is 2.77. The number of anilines is 2. The molecule has 1 heterocycles. The molecule has 0 saturated carbocycles. The van der Waals surface area contributed by atoms with E-state index in [-0.39, 0.29) is 12.6 Å². The lowest BCUT2D eigenvalue weighted by atomic mass is 10.1. The lowest BCUT2D eigenvalue weighted by molar-refractivity contribution is -0.145. The number of esters is 1. The molecule has 30 heavy (non-hydrogen) atoms.